The summed E-state index contributed by atoms with van der Waals surface area (Å²) in [5, 5.41) is 10.9. The van der Waals surface area contributed by atoms with Crippen LogP contribution in [0.1, 0.15) is 113 Å². The molecule has 1 N–H and O–H groups in total. The normalized spacial score (nSPS) is 11.3. The summed E-state index contributed by atoms with van der Waals surface area (Å²) in [4.78, 5) is 24.3. The molecule has 0 radical (unpaired) electrons. The minimum atomic E-state index is -1.26. The molecule has 9 nitrogen and oxygen atoms in total. The van der Waals surface area contributed by atoms with Gasteiger partial charge in [0.05, 0.1) is 33.0 Å². The van der Waals surface area contributed by atoms with E-state index in [9.17, 15) is 14.7 Å². The van der Waals surface area contributed by atoms with Gasteiger partial charge in [-0.05, 0) is 124 Å². The van der Waals surface area contributed by atoms with E-state index in [1.54, 1.807) is 42.5 Å². The zero-order chi connectivity index (χ0) is 40.3. The van der Waals surface area contributed by atoms with Gasteiger partial charge in [0.1, 0.15) is 28.6 Å². The van der Waals surface area contributed by atoms with Crippen LogP contribution in [0.3, 0.4) is 0 Å². The smallest absolute Gasteiger partial charge is 0.342 e. The van der Waals surface area contributed by atoms with Crippen molar-refractivity contribution in [1.29, 1.82) is 0 Å². The quantitative estimate of drug-likeness (QED) is 0.0249. The summed E-state index contributed by atoms with van der Waals surface area (Å²) in [6.07, 6.45) is 12.4. The number of carbonyl (C=O) groups is 2. The first-order valence-electron chi connectivity index (χ1n) is 20.6. The van der Waals surface area contributed by atoms with Crippen molar-refractivity contribution in [2.75, 3.05) is 33.0 Å². The van der Waals surface area contributed by atoms with Crippen LogP contribution in [0.15, 0.2) is 110 Å². The molecule has 0 bridgehead atoms. The molecule has 1 unspecified atom stereocenters. The molecule has 1 atom stereocenters. The van der Waals surface area contributed by atoms with Crippen molar-refractivity contribution in [3.63, 3.8) is 0 Å². The first-order chi connectivity index (χ1) is 28.0. The lowest BCUT2D eigenvalue weighted by Crippen LogP contribution is -2.11. The van der Waals surface area contributed by atoms with Gasteiger partial charge >= 0.3 is 11.9 Å². The van der Waals surface area contributed by atoms with E-state index in [1.807, 2.05) is 30.3 Å². The fourth-order valence-corrected chi connectivity index (χ4v) is 6.03. The zero-order valence-corrected chi connectivity index (χ0v) is 33.5. The van der Waals surface area contributed by atoms with Gasteiger partial charge < -0.3 is 33.5 Å². The van der Waals surface area contributed by atoms with Crippen molar-refractivity contribution in [3.8, 4) is 34.1 Å². The van der Waals surface area contributed by atoms with E-state index in [2.05, 4.69) is 37.8 Å². The molecule has 4 aromatic rings. The van der Waals surface area contributed by atoms with Gasteiger partial charge in [0, 0.05) is 11.6 Å². The molecule has 0 fully saturated rings. The van der Waals surface area contributed by atoms with E-state index in [4.69, 9.17) is 28.4 Å². The Bertz CT molecular complexity index is 1720. The fourth-order valence-electron chi connectivity index (χ4n) is 6.03. The van der Waals surface area contributed by atoms with Crippen LogP contribution >= 0.6 is 0 Å². The van der Waals surface area contributed by atoms with E-state index < -0.39 is 18.2 Å². The maximum absolute atomic E-state index is 13.3. The third-order valence-electron chi connectivity index (χ3n) is 9.31. The van der Waals surface area contributed by atoms with E-state index in [0.717, 1.165) is 88.4 Å². The minimum Gasteiger partial charge on any atom is -0.494 e. The summed E-state index contributed by atoms with van der Waals surface area (Å²) in [5.41, 5.74) is 3.16. The predicted molar refractivity (Wildman–Crippen MR) is 224 cm³/mol. The first-order valence-corrected chi connectivity index (χ1v) is 20.6. The standard InChI is InChI=1S/C48H60O9/c1-3-5-6-7-19-36-56-48(51)44-37-43(57-47(50)40-24-28-42(29-25-40)53-33-16-9-11-18-35-55-46(49)4-2)30-31-45(44)54-34-17-10-8-15-32-52-41-26-22-39(23-27-41)38-20-13-12-14-21-38/h4,12-14,20-31,37,47,50H,2-3,5-11,15-19,32-36H2,1H3. The molecular formula is C48H60O9. The summed E-state index contributed by atoms with van der Waals surface area (Å²) in [7, 11) is 0. The molecule has 0 amide bonds. The van der Waals surface area contributed by atoms with Crippen LogP contribution in [-0.4, -0.2) is 50.1 Å². The van der Waals surface area contributed by atoms with Crippen molar-refractivity contribution >= 4 is 11.9 Å². The van der Waals surface area contributed by atoms with E-state index in [-0.39, 0.29) is 5.56 Å². The Morgan fingerprint density at radius 1 is 0.579 bits per heavy atom. The molecule has 9 heteroatoms. The van der Waals surface area contributed by atoms with Gasteiger partial charge in [-0.2, -0.15) is 0 Å². The fraction of sp³-hybridized carbons (Fsp3) is 0.417. The molecule has 0 saturated carbocycles. The Hall–Kier alpha value is -5.28. The molecule has 0 heterocycles. The Labute approximate surface area is 338 Å². The van der Waals surface area contributed by atoms with Crippen LogP contribution < -0.4 is 18.9 Å². The number of esters is 2. The van der Waals surface area contributed by atoms with Crippen LogP contribution in [0.5, 0.6) is 23.0 Å². The molecule has 4 rings (SSSR count). The maximum Gasteiger partial charge on any atom is 0.342 e. The summed E-state index contributed by atoms with van der Waals surface area (Å²) in [5.74, 6) is 1.42. The Morgan fingerprint density at radius 2 is 1.09 bits per heavy atom. The highest BCUT2D eigenvalue weighted by molar-refractivity contribution is 5.93. The Balaban J connectivity index is 1.20. The van der Waals surface area contributed by atoms with Gasteiger partial charge in [-0.15, -0.1) is 0 Å². The maximum atomic E-state index is 13.3. The third-order valence-corrected chi connectivity index (χ3v) is 9.31. The number of ether oxygens (including phenoxy) is 6. The number of aliphatic hydroxyl groups excluding tert-OH is 1. The topological polar surface area (TPSA) is 110 Å². The number of hydrogen-bond acceptors (Lipinski definition) is 9. The van der Waals surface area contributed by atoms with Gasteiger partial charge in [-0.1, -0.05) is 81.7 Å². The molecular weight excluding hydrogens is 721 g/mol. The minimum absolute atomic E-state index is 0.265. The molecule has 0 aromatic heterocycles. The number of rotatable bonds is 29. The monoisotopic (exact) mass is 780 g/mol. The van der Waals surface area contributed by atoms with Crippen LogP contribution in [0.25, 0.3) is 11.1 Å². The highest BCUT2D eigenvalue weighted by Crippen LogP contribution is 2.29. The average molecular weight is 781 g/mol. The Morgan fingerprint density at radius 3 is 1.68 bits per heavy atom. The van der Waals surface area contributed by atoms with Crippen molar-refractivity contribution in [2.24, 2.45) is 0 Å². The van der Waals surface area contributed by atoms with Crippen LogP contribution in [0, 0.1) is 0 Å². The summed E-state index contributed by atoms with van der Waals surface area (Å²) < 4.78 is 34.4. The lowest BCUT2D eigenvalue weighted by atomic mass is 10.1. The summed E-state index contributed by atoms with van der Waals surface area (Å²) in [6.45, 7) is 7.92. The zero-order valence-electron chi connectivity index (χ0n) is 33.5. The molecule has 0 aliphatic rings. The van der Waals surface area contributed by atoms with Gasteiger partial charge in [0.15, 0.2) is 0 Å². The van der Waals surface area contributed by atoms with Gasteiger partial charge in [-0.25, -0.2) is 9.59 Å². The molecule has 0 saturated heterocycles. The molecule has 306 valence electrons. The van der Waals surface area contributed by atoms with Gasteiger partial charge in [0.25, 0.3) is 0 Å². The average Bonchev–Trinajstić information content (AvgIpc) is 3.24. The van der Waals surface area contributed by atoms with E-state index >= 15 is 0 Å². The molecule has 4 aromatic carbocycles. The van der Waals surface area contributed by atoms with Crippen molar-refractivity contribution in [3.05, 3.63) is 121 Å². The van der Waals surface area contributed by atoms with Gasteiger partial charge in [0.2, 0.25) is 6.29 Å². The lowest BCUT2D eigenvalue weighted by Gasteiger charge is -2.17. The van der Waals surface area contributed by atoms with E-state index in [1.165, 1.54) is 18.1 Å². The lowest BCUT2D eigenvalue weighted by molar-refractivity contribution is -0.137. The van der Waals surface area contributed by atoms with Crippen LogP contribution in [-0.2, 0) is 14.3 Å². The number of aliphatic hydroxyl groups is 1. The highest BCUT2D eigenvalue weighted by Gasteiger charge is 2.18. The predicted octanol–water partition coefficient (Wildman–Crippen LogP) is 11.2. The molecule has 0 aliphatic heterocycles. The van der Waals surface area contributed by atoms with Gasteiger partial charge in [-0.3, -0.25) is 0 Å². The molecule has 0 spiro atoms. The first kappa shape index (κ1) is 44.4. The number of unbranched alkanes of at least 4 members (excludes halogenated alkanes) is 10. The van der Waals surface area contributed by atoms with Crippen molar-refractivity contribution in [1.82, 2.24) is 0 Å². The third kappa shape index (κ3) is 17.2. The number of carbonyl (C=O) groups excluding carboxylic acids is 2. The SMILES string of the molecule is C=CC(=O)OCCCCCCOc1ccc(C(O)Oc2ccc(OCCCCCCOc3ccc(-c4ccccc4)cc3)c(C(=O)OCCCCCCC)c2)cc1. The number of hydrogen-bond donors (Lipinski definition) is 1. The van der Waals surface area contributed by atoms with E-state index in [0.29, 0.717) is 55.8 Å². The van der Waals surface area contributed by atoms with Crippen LogP contribution in [0.2, 0.25) is 0 Å². The highest BCUT2D eigenvalue weighted by atomic mass is 16.6. The molecule has 57 heavy (non-hydrogen) atoms. The summed E-state index contributed by atoms with van der Waals surface area (Å²) >= 11 is 0. The second-order valence-electron chi connectivity index (χ2n) is 13.9. The number of benzene rings is 4. The largest absolute Gasteiger partial charge is 0.494 e. The second kappa shape index (κ2) is 26.6. The van der Waals surface area contributed by atoms with Crippen molar-refractivity contribution < 1.29 is 43.1 Å². The Kier molecular flexibility index (Phi) is 20.7. The van der Waals surface area contributed by atoms with Crippen molar-refractivity contribution in [2.45, 2.75) is 96.7 Å². The summed E-state index contributed by atoms with van der Waals surface area (Å²) in [6, 6.07) is 30.5. The molecule has 0 aliphatic carbocycles. The second-order valence-corrected chi connectivity index (χ2v) is 13.9. The van der Waals surface area contributed by atoms with Crippen LogP contribution in [0.4, 0.5) is 0 Å².